The summed E-state index contributed by atoms with van der Waals surface area (Å²) in [4.78, 5) is 58.0. The molecule has 0 radical (unpaired) electrons. The maximum Gasteiger partial charge on any atom is 0.229 e. The molecule has 2 aromatic heterocycles. The fourth-order valence-electron chi connectivity index (χ4n) is 8.02. The Morgan fingerprint density at radius 1 is 0.940 bits per heavy atom. The molecule has 2 fully saturated rings. The van der Waals surface area contributed by atoms with Gasteiger partial charge in [-0.25, -0.2) is 0 Å². The van der Waals surface area contributed by atoms with E-state index in [0.717, 1.165) is 87.1 Å². The number of hydrogen-bond donors (Lipinski definition) is 3. The van der Waals surface area contributed by atoms with E-state index in [9.17, 15) is 24.0 Å². The van der Waals surface area contributed by atoms with E-state index in [2.05, 4.69) is 96.2 Å². The van der Waals surface area contributed by atoms with E-state index in [1.54, 1.807) is 12.1 Å². The van der Waals surface area contributed by atoms with Crippen LogP contribution in [-0.2, 0) is 32.0 Å². The lowest BCUT2D eigenvalue weighted by Crippen LogP contribution is -2.40. The van der Waals surface area contributed by atoms with Crippen molar-refractivity contribution in [3.8, 4) is 5.00 Å². The van der Waals surface area contributed by atoms with Gasteiger partial charge in [-0.15, -0.1) is 21.5 Å². The molecule has 3 heterocycles. The Morgan fingerprint density at radius 3 is 2.24 bits per heavy atom. The highest BCUT2D eigenvalue weighted by molar-refractivity contribution is 7.15. The van der Waals surface area contributed by atoms with Crippen LogP contribution in [0.1, 0.15) is 172 Å². The van der Waals surface area contributed by atoms with Crippen molar-refractivity contribution in [3.63, 3.8) is 0 Å². The molecule has 2 unspecified atom stereocenters. The molecular formula is C54H74N6O6S. The topological polar surface area (TPSA) is 161 Å². The average Bonchev–Trinajstić information content (AvgIpc) is 3.78. The Morgan fingerprint density at radius 2 is 1.66 bits per heavy atom. The van der Waals surface area contributed by atoms with Crippen LogP contribution in [0.2, 0.25) is 0 Å². The van der Waals surface area contributed by atoms with Gasteiger partial charge in [-0.2, -0.15) is 0 Å². The third-order valence-corrected chi connectivity index (χ3v) is 13.7. The predicted molar refractivity (Wildman–Crippen MR) is 271 cm³/mol. The smallest absolute Gasteiger partial charge is 0.229 e. The van der Waals surface area contributed by atoms with Gasteiger partial charge >= 0.3 is 0 Å². The van der Waals surface area contributed by atoms with E-state index in [1.165, 1.54) is 64.9 Å². The molecular weight excluding hydrogens is 861 g/mol. The molecule has 2 aliphatic rings. The standard InChI is InChI=1S/C24H31N3S.C22H30N2O4.C8H13NO2/c1-8-15(3)14-22-26-25-19(7)27(22)24-23(16(4)18(6)28-24)17(5)21-12-10-20(9-2)11-13-21;1-15(25)19-9-5-10-21(22(19)16(2)26)24-20(18-7-4-8-18)11-14-28-13-6-12-23-17(3)27;1-2-3-6-4-5-7(10)9-8(6)11/h10-13,15H,5,8-9,14H2,1-4,6-7H3;5,9-10,24H,4,6-8,11-14H2,1-3H3,(H,23,27);6H,2-5H2,1H3,(H,9,10,11). The van der Waals surface area contributed by atoms with Gasteiger partial charge in [-0.3, -0.25) is 33.9 Å². The lowest BCUT2D eigenvalue weighted by molar-refractivity contribution is -0.136. The number of anilines is 1. The molecule has 4 aromatic rings. The second-order valence-corrected chi connectivity index (χ2v) is 18.9. The SMILES string of the molecule is C=C(c1ccc(CC)cc1)c1c(-n2c(C)nnc2CC(C)CC)sc(C)c1C.CC(=O)NCCCOCCC(Nc1cccc(C(C)=O)c1C(C)=O)=C1CCC1.CCCC1CCC(=O)NC1=O. The summed E-state index contributed by atoms with van der Waals surface area (Å²) in [5.74, 6) is 2.17. The van der Waals surface area contributed by atoms with Gasteiger partial charge in [0.2, 0.25) is 17.7 Å². The number of ketones is 2. The fourth-order valence-corrected chi connectivity index (χ4v) is 9.27. The van der Waals surface area contributed by atoms with E-state index in [-0.39, 0.29) is 35.2 Å². The van der Waals surface area contributed by atoms with Crippen molar-refractivity contribution in [1.29, 1.82) is 0 Å². The first-order chi connectivity index (χ1) is 32.0. The number of imide groups is 1. The molecule has 362 valence electrons. The molecule has 67 heavy (non-hydrogen) atoms. The Hall–Kier alpha value is -5.53. The fraction of sp³-hybridized carbons (Fsp3) is 0.500. The maximum atomic E-state index is 12.2. The number of rotatable bonds is 20. The molecule has 1 aliphatic heterocycles. The third-order valence-electron chi connectivity index (χ3n) is 12.5. The van der Waals surface area contributed by atoms with Crippen molar-refractivity contribution in [2.75, 3.05) is 25.1 Å². The number of Topliss-reactive ketones (excluding diaryl/α,β-unsaturated/α-hetero) is 2. The zero-order valence-corrected chi connectivity index (χ0v) is 42.5. The van der Waals surface area contributed by atoms with Crippen molar-refractivity contribution >= 4 is 51.9 Å². The molecule has 13 heteroatoms. The Bertz CT molecular complexity index is 2390. The summed E-state index contributed by atoms with van der Waals surface area (Å²) in [5.41, 5.74) is 10.1. The summed E-state index contributed by atoms with van der Waals surface area (Å²) in [6.45, 7) is 25.9. The first-order valence-electron chi connectivity index (χ1n) is 24.1. The quantitative estimate of drug-likeness (QED) is 0.0445. The van der Waals surface area contributed by atoms with Crippen LogP contribution in [0.25, 0.3) is 10.6 Å². The van der Waals surface area contributed by atoms with Gasteiger partial charge in [0.15, 0.2) is 11.6 Å². The van der Waals surface area contributed by atoms with Gasteiger partial charge in [-0.1, -0.05) is 89.1 Å². The Balaban J connectivity index is 0.000000239. The van der Waals surface area contributed by atoms with E-state index in [0.29, 0.717) is 48.9 Å². The second-order valence-electron chi connectivity index (χ2n) is 17.7. The number of nitrogens with one attached hydrogen (secondary N) is 3. The Labute approximate surface area is 402 Å². The lowest BCUT2D eigenvalue weighted by Gasteiger charge is -2.24. The first kappa shape index (κ1) is 54.1. The molecule has 3 amide bonds. The molecule has 1 saturated heterocycles. The number of carbonyl (C=O) groups is 5. The Kier molecular flexibility index (Phi) is 21.6. The number of ether oxygens (including phenoxy) is 1. The number of nitrogens with zero attached hydrogens (tertiary/aromatic N) is 3. The number of thiophene rings is 1. The van der Waals surface area contributed by atoms with Crippen molar-refractivity contribution < 1.29 is 28.7 Å². The van der Waals surface area contributed by atoms with Crippen LogP contribution >= 0.6 is 11.3 Å². The van der Waals surface area contributed by atoms with Crippen LogP contribution in [0.3, 0.4) is 0 Å². The van der Waals surface area contributed by atoms with Crippen LogP contribution in [-0.4, -0.2) is 63.8 Å². The number of benzene rings is 2. The van der Waals surface area contributed by atoms with Gasteiger partial charge in [0.05, 0.1) is 12.2 Å². The highest BCUT2D eigenvalue weighted by Crippen LogP contribution is 2.39. The molecule has 6 rings (SSSR count). The highest BCUT2D eigenvalue weighted by Gasteiger charge is 2.26. The number of aryl methyl sites for hydroxylation is 3. The van der Waals surface area contributed by atoms with Crippen LogP contribution in [0, 0.1) is 32.6 Å². The molecule has 3 N–H and O–H groups in total. The largest absolute Gasteiger partial charge is 0.381 e. The molecule has 2 aromatic carbocycles. The monoisotopic (exact) mass is 935 g/mol. The van der Waals surface area contributed by atoms with E-state index in [4.69, 9.17) is 4.74 Å². The summed E-state index contributed by atoms with van der Waals surface area (Å²) >= 11 is 1.81. The molecule has 2 atom stereocenters. The van der Waals surface area contributed by atoms with E-state index >= 15 is 0 Å². The summed E-state index contributed by atoms with van der Waals surface area (Å²) < 4.78 is 7.94. The van der Waals surface area contributed by atoms with Gasteiger partial charge < -0.3 is 15.4 Å². The zero-order valence-electron chi connectivity index (χ0n) is 41.7. The number of allylic oxidation sites excluding steroid dienone is 1. The van der Waals surface area contributed by atoms with Crippen LogP contribution in [0.15, 0.2) is 60.3 Å². The van der Waals surface area contributed by atoms with Crippen molar-refractivity contribution in [2.24, 2.45) is 11.8 Å². The van der Waals surface area contributed by atoms with Gasteiger partial charge in [0, 0.05) is 72.6 Å². The van der Waals surface area contributed by atoms with Crippen molar-refractivity contribution in [3.05, 3.63) is 110 Å². The van der Waals surface area contributed by atoms with Crippen LogP contribution in [0.4, 0.5) is 5.69 Å². The van der Waals surface area contributed by atoms with Gasteiger partial charge in [-0.05, 0) is 114 Å². The normalized spacial score (nSPS) is 14.7. The molecule has 0 bridgehead atoms. The van der Waals surface area contributed by atoms with Crippen LogP contribution < -0.4 is 16.0 Å². The van der Waals surface area contributed by atoms with Crippen molar-refractivity contribution in [1.82, 2.24) is 25.4 Å². The van der Waals surface area contributed by atoms with Gasteiger partial charge in [0.25, 0.3) is 0 Å². The highest BCUT2D eigenvalue weighted by atomic mass is 32.1. The van der Waals surface area contributed by atoms with Crippen LogP contribution in [0.5, 0.6) is 0 Å². The molecule has 1 saturated carbocycles. The average molecular weight is 935 g/mol. The van der Waals surface area contributed by atoms with E-state index < -0.39 is 0 Å². The minimum Gasteiger partial charge on any atom is -0.381 e. The zero-order chi connectivity index (χ0) is 49.2. The summed E-state index contributed by atoms with van der Waals surface area (Å²) in [5, 5.41) is 18.6. The second kappa shape index (κ2) is 26.7. The summed E-state index contributed by atoms with van der Waals surface area (Å²) in [6.07, 6.45) is 11.0. The van der Waals surface area contributed by atoms with Gasteiger partial charge in [0.1, 0.15) is 16.6 Å². The molecule has 0 spiro atoms. The molecule has 1 aliphatic carbocycles. The number of carbonyl (C=O) groups excluding carboxylic acids is 5. The number of piperidine rings is 1. The number of amides is 3. The maximum absolute atomic E-state index is 12.2. The number of aromatic nitrogens is 3. The minimum atomic E-state index is -0.125. The first-order valence-corrected chi connectivity index (χ1v) is 24.9. The summed E-state index contributed by atoms with van der Waals surface area (Å²) in [7, 11) is 0. The molecule has 12 nitrogen and oxygen atoms in total. The number of hydrogen-bond acceptors (Lipinski definition) is 10. The lowest BCUT2D eigenvalue weighted by atomic mass is 9.89. The van der Waals surface area contributed by atoms with Crippen molar-refractivity contribution in [2.45, 2.75) is 146 Å². The third kappa shape index (κ3) is 15.5. The minimum absolute atomic E-state index is 0.0322. The summed E-state index contributed by atoms with van der Waals surface area (Å²) in [6, 6.07) is 14.1. The predicted octanol–water partition coefficient (Wildman–Crippen LogP) is 11.2. The van der Waals surface area contributed by atoms with E-state index in [1.807, 2.05) is 31.3 Å².